The van der Waals surface area contributed by atoms with Crippen molar-refractivity contribution < 1.29 is 4.79 Å². The first-order valence-electron chi connectivity index (χ1n) is 4.53. The summed E-state index contributed by atoms with van der Waals surface area (Å²) >= 11 is 7.16. The molecule has 0 N–H and O–H groups in total. The molecule has 15 heavy (non-hydrogen) atoms. The first kappa shape index (κ1) is 10.5. The Hall–Kier alpha value is -1.06. The van der Waals surface area contributed by atoms with E-state index in [1.54, 1.807) is 23.3 Å². The van der Waals surface area contributed by atoms with Crippen molar-refractivity contribution in [3.05, 3.63) is 29.6 Å². The third-order valence-electron chi connectivity index (χ3n) is 2.31. The van der Waals surface area contributed by atoms with Gasteiger partial charge in [0.1, 0.15) is 5.88 Å². The number of carbonyl (C=O) groups is 1. The number of rotatable bonds is 2. The van der Waals surface area contributed by atoms with Crippen LogP contribution in [-0.2, 0) is 4.79 Å². The molecule has 0 aliphatic carbocycles. The molecule has 0 radical (unpaired) electrons. The molecule has 0 aliphatic rings. The van der Waals surface area contributed by atoms with Gasteiger partial charge in [0.15, 0.2) is 0 Å². The van der Waals surface area contributed by atoms with E-state index in [-0.39, 0.29) is 11.8 Å². The van der Waals surface area contributed by atoms with Gasteiger partial charge in [0, 0.05) is 22.5 Å². The number of nitrogens with zero attached hydrogens (tertiary/aromatic N) is 1. The van der Waals surface area contributed by atoms with Crippen molar-refractivity contribution in [2.45, 2.75) is 0 Å². The lowest BCUT2D eigenvalue weighted by Gasteiger charge is -2.14. The van der Waals surface area contributed by atoms with E-state index in [0.29, 0.717) is 0 Å². The van der Waals surface area contributed by atoms with E-state index in [0.717, 1.165) is 11.1 Å². The van der Waals surface area contributed by atoms with Crippen LogP contribution in [0.5, 0.6) is 0 Å². The molecule has 0 unspecified atom stereocenters. The van der Waals surface area contributed by atoms with Crippen LogP contribution in [-0.4, -0.2) is 18.8 Å². The molecule has 1 heterocycles. The van der Waals surface area contributed by atoms with Gasteiger partial charge in [-0.2, -0.15) is 0 Å². The lowest BCUT2D eigenvalue weighted by Crippen LogP contribution is -2.26. The Labute approximate surface area is 97.1 Å². The number of fused-ring (bicyclic) bond motifs is 1. The molecule has 2 nitrogen and oxygen atoms in total. The van der Waals surface area contributed by atoms with E-state index in [9.17, 15) is 4.79 Å². The molecular weight excluding hydrogens is 230 g/mol. The zero-order valence-electron chi connectivity index (χ0n) is 8.24. The molecule has 0 saturated heterocycles. The van der Waals surface area contributed by atoms with Crippen LogP contribution in [0.1, 0.15) is 0 Å². The summed E-state index contributed by atoms with van der Waals surface area (Å²) in [5.74, 6) is -0.0686. The van der Waals surface area contributed by atoms with Crippen molar-refractivity contribution in [2.75, 3.05) is 17.8 Å². The number of halogens is 1. The lowest BCUT2D eigenvalue weighted by molar-refractivity contribution is -0.115. The summed E-state index contributed by atoms with van der Waals surface area (Å²) in [5, 5.41) is 3.08. The topological polar surface area (TPSA) is 20.3 Å². The minimum absolute atomic E-state index is 0.0146. The smallest absolute Gasteiger partial charge is 0.241 e. The maximum absolute atomic E-state index is 11.5. The Morgan fingerprint density at radius 3 is 2.93 bits per heavy atom. The van der Waals surface area contributed by atoms with E-state index in [1.165, 1.54) is 4.70 Å². The third-order valence-corrected chi connectivity index (χ3v) is 3.49. The highest BCUT2D eigenvalue weighted by Crippen LogP contribution is 2.32. The number of benzene rings is 1. The number of hydrogen-bond donors (Lipinski definition) is 0. The van der Waals surface area contributed by atoms with E-state index in [2.05, 4.69) is 0 Å². The highest BCUT2D eigenvalue weighted by atomic mass is 35.5. The predicted molar refractivity (Wildman–Crippen MR) is 66.0 cm³/mol. The van der Waals surface area contributed by atoms with Crippen LogP contribution in [0.2, 0.25) is 0 Å². The summed E-state index contributed by atoms with van der Waals surface area (Å²) in [5.41, 5.74) is 0.932. The van der Waals surface area contributed by atoms with E-state index >= 15 is 0 Å². The normalized spacial score (nSPS) is 10.5. The molecule has 0 fully saturated rings. The van der Waals surface area contributed by atoms with E-state index in [4.69, 9.17) is 11.6 Å². The van der Waals surface area contributed by atoms with Gasteiger partial charge in [0.05, 0.1) is 5.69 Å². The molecule has 2 rings (SSSR count). The molecule has 0 atom stereocenters. The average Bonchev–Trinajstić information content (AvgIpc) is 2.70. The van der Waals surface area contributed by atoms with Gasteiger partial charge in [-0.25, -0.2) is 0 Å². The minimum atomic E-state index is -0.0831. The maximum Gasteiger partial charge on any atom is 0.241 e. The van der Waals surface area contributed by atoms with Gasteiger partial charge in [-0.3, -0.25) is 4.79 Å². The highest BCUT2D eigenvalue weighted by Gasteiger charge is 2.13. The SMILES string of the molecule is CN(C(=O)CCl)c1csc2ccccc12. The van der Waals surface area contributed by atoms with Gasteiger partial charge in [0.25, 0.3) is 0 Å². The first-order valence-corrected chi connectivity index (χ1v) is 5.94. The van der Waals surface area contributed by atoms with Gasteiger partial charge in [-0.15, -0.1) is 22.9 Å². The standard InChI is InChI=1S/C11H10ClNOS/c1-13(11(14)6-12)9-7-15-10-5-3-2-4-8(9)10/h2-5,7H,6H2,1H3. The largest absolute Gasteiger partial charge is 0.313 e. The van der Waals surface area contributed by atoms with Crippen LogP contribution in [0.15, 0.2) is 29.6 Å². The van der Waals surface area contributed by atoms with Gasteiger partial charge in [0.2, 0.25) is 5.91 Å². The summed E-state index contributed by atoms with van der Waals surface area (Å²) in [4.78, 5) is 13.1. The van der Waals surface area contributed by atoms with E-state index in [1.807, 2.05) is 29.6 Å². The number of carbonyl (C=O) groups excluding carboxylic acids is 1. The van der Waals surface area contributed by atoms with E-state index < -0.39 is 0 Å². The van der Waals surface area contributed by atoms with Gasteiger partial charge < -0.3 is 4.90 Å². The second-order valence-electron chi connectivity index (χ2n) is 3.20. The van der Waals surface area contributed by atoms with Crippen LogP contribution >= 0.6 is 22.9 Å². The van der Waals surface area contributed by atoms with Crippen molar-refractivity contribution in [2.24, 2.45) is 0 Å². The molecule has 1 aromatic carbocycles. The van der Waals surface area contributed by atoms with Gasteiger partial charge >= 0.3 is 0 Å². The number of amides is 1. The fourth-order valence-corrected chi connectivity index (χ4v) is 2.61. The number of anilines is 1. The molecule has 78 valence electrons. The molecular formula is C11H10ClNOS. The Balaban J connectivity index is 2.48. The number of alkyl halides is 1. The Morgan fingerprint density at radius 2 is 2.20 bits per heavy atom. The summed E-state index contributed by atoms with van der Waals surface area (Å²) in [6.07, 6.45) is 0. The molecule has 1 amide bonds. The Morgan fingerprint density at radius 1 is 1.47 bits per heavy atom. The number of thiophene rings is 1. The van der Waals surface area contributed by atoms with Crippen LogP contribution in [0.25, 0.3) is 10.1 Å². The maximum atomic E-state index is 11.5. The predicted octanol–water partition coefficient (Wildman–Crippen LogP) is 3.10. The minimum Gasteiger partial charge on any atom is -0.313 e. The van der Waals surface area contributed by atoms with Crippen molar-refractivity contribution >= 4 is 44.6 Å². The van der Waals surface area contributed by atoms with Crippen molar-refractivity contribution in [3.63, 3.8) is 0 Å². The molecule has 1 aromatic heterocycles. The molecule has 0 bridgehead atoms. The highest BCUT2D eigenvalue weighted by molar-refractivity contribution is 7.17. The van der Waals surface area contributed by atoms with Crippen LogP contribution in [0.3, 0.4) is 0 Å². The Bertz CT molecular complexity index is 494. The van der Waals surface area contributed by atoms with Crippen LogP contribution < -0.4 is 4.90 Å². The Kier molecular flexibility index (Phi) is 2.93. The van der Waals surface area contributed by atoms with Crippen molar-refractivity contribution in [3.8, 4) is 0 Å². The van der Waals surface area contributed by atoms with Gasteiger partial charge in [-0.05, 0) is 6.07 Å². The number of hydrogen-bond acceptors (Lipinski definition) is 2. The molecule has 0 aliphatic heterocycles. The second kappa shape index (κ2) is 4.21. The molecule has 0 spiro atoms. The lowest BCUT2D eigenvalue weighted by atomic mass is 10.2. The average molecular weight is 240 g/mol. The fourth-order valence-electron chi connectivity index (χ4n) is 1.45. The quantitative estimate of drug-likeness (QED) is 0.738. The first-order chi connectivity index (χ1) is 7.24. The molecule has 4 heteroatoms. The van der Waals surface area contributed by atoms with Crippen LogP contribution in [0, 0.1) is 0 Å². The third kappa shape index (κ3) is 1.85. The second-order valence-corrected chi connectivity index (χ2v) is 4.38. The summed E-state index contributed by atoms with van der Waals surface area (Å²) < 4.78 is 1.18. The fraction of sp³-hybridized carbons (Fsp3) is 0.182. The summed E-state index contributed by atoms with van der Waals surface area (Å²) in [6.45, 7) is 0. The van der Waals surface area contributed by atoms with Crippen LogP contribution in [0.4, 0.5) is 5.69 Å². The zero-order chi connectivity index (χ0) is 10.8. The van der Waals surface area contributed by atoms with Gasteiger partial charge in [-0.1, -0.05) is 18.2 Å². The molecule has 0 saturated carbocycles. The molecule has 2 aromatic rings. The van der Waals surface area contributed by atoms with Crippen molar-refractivity contribution in [1.29, 1.82) is 0 Å². The monoisotopic (exact) mass is 239 g/mol. The van der Waals surface area contributed by atoms with Crippen molar-refractivity contribution in [1.82, 2.24) is 0 Å². The summed E-state index contributed by atoms with van der Waals surface area (Å²) in [6, 6.07) is 8.02. The summed E-state index contributed by atoms with van der Waals surface area (Å²) in [7, 11) is 1.75. The zero-order valence-corrected chi connectivity index (χ0v) is 9.81.